The minimum atomic E-state index is -0.757. The lowest BCUT2D eigenvalue weighted by molar-refractivity contribution is -0.136. The van der Waals surface area contributed by atoms with Crippen molar-refractivity contribution in [3.8, 4) is 0 Å². The van der Waals surface area contributed by atoms with E-state index in [2.05, 4.69) is 15.9 Å². The van der Waals surface area contributed by atoms with Gasteiger partial charge in [0.25, 0.3) is 0 Å². The SMILES string of the molecule is Cn1cc(CCC(=O)O)c2cc(Br)ccc21. The van der Waals surface area contributed by atoms with Crippen LogP contribution in [0.1, 0.15) is 12.0 Å². The minimum absolute atomic E-state index is 0.172. The number of nitrogens with zero attached hydrogens (tertiary/aromatic N) is 1. The van der Waals surface area contributed by atoms with E-state index in [4.69, 9.17) is 5.11 Å². The molecule has 0 aliphatic rings. The summed E-state index contributed by atoms with van der Waals surface area (Å²) in [5.74, 6) is -0.757. The van der Waals surface area contributed by atoms with Gasteiger partial charge in [0.1, 0.15) is 0 Å². The van der Waals surface area contributed by atoms with E-state index in [9.17, 15) is 4.79 Å². The molecule has 1 aromatic heterocycles. The van der Waals surface area contributed by atoms with Crippen molar-refractivity contribution in [2.45, 2.75) is 12.8 Å². The molecule has 0 unspecified atom stereocenters. The van der Waals surface area contributed by atoms with E-state index >= 15 is 0 Å². The van der Waals surface area contributed by atoms with Gasteiger partial charge in [-0.25, -0.2) is 0 Å². The van der Waals surface area contributed by atoms with E-state index in [0.717, 1.165) is 20.9 Å². The molecule has 0 radical (unpaired) electrons. The predicted octanol–water partition coefficient (Wildman–Crippen LogP) is 2.96. The van der Waals surface area contributed by atoms with Gasteiger partial charge in [-0.2, -0.15) is 0 Å². The van der Waals surface area contributed by atoms with Crippen LogP contribution in [0.3, 0.4) is 0 Å². The number of hydrogen-bond acceptors (Lipinski definition) is 1. The summed E-state index contributed by atoms with van der Waals surface area (Å²) in [6.45, 7) is 0. The maximum absolute atomic E-state index is 10.6. The summed E-state index contributed by atoms with van der Waals surface area (Å²) in [4.78, 5) is 10.6. The number of fused-ring (bicyclic) bond motifs is 1. The van der Waals surface area contributed by atoms with E-state index in [-0.39, 0.29) is 6.42 Å². The van der Waals surface area contributed by atoms with Crippen molar-refractivity contribution in [3.05, 3.63) is 34.4 Å². The van der Waals surface area contributed by atoms with Crippen molar-refractivity contribution < 1.29 is 9.90 Å². The van der Waals surface area contributed by atoms with Crippen molar-refractivity contribution in [1.29, 1.82) is 0 Å². The van der Waals surface area contributed by atoms with Crippen LogP contribution in [0.15, 0.2) is 28.9 Å². The van der Waals surface area contributed by atoms with Gasteiger partial charge in [-0.05, 0) is 30.2 Å². The molecule has 1 heterocycles. The zero-order valence-corrected chi connectivity index (χ0v) is 10.5. The van der Waals surface area contributed by atoms with Crippen LogP contribution in [-0.4, -0.2) is 15.6 Å². The molecule has 0 amide bonds. The maximum atomic E-state index is 10.6. The van der Waals surface area contributed by atoms with Crippen LogP contribution in [0, 0.1) is 0 Å². The molecule has 0 saturated carbocycles. The molecule has 3 nitrogen and oxygen atoms in total. The Morgan fingerprint density at radius 2 is 2.25 bits per heavy atom. The molecule has 4 heteroatoms. The van der Waals surface area contributed by atoms with Crippen molar-refractivity contribution >= 4 is 32.8 Å². The second kappa shape index (κ2) is 4.29. The molecule has 0 bridgehead atoms. The molecular formula is C12H12BrNO2. The van der Waals surface area contributed by atoms with Crippen molar-refractivity contribution in [3.63, 3.8) is 0 Å². The molecule has 2 aromatic rings. The Kier molecular flexibility index (Phi) is 3.01. The van der Waals surface area contributed by atoms with Crippen LogP contribution in [0.5, 0.6) is 0 Å². The third-order valence-electron chi connectivity index (χ3n) is 2.64. The zero-order chi connectivity index (χ0) is 11.7. The second-order valence-electron chi connectivity index (χ2n) is 3.82. The van der Waals surface area contributed by atoms with E-state index in [0.29, 0.717) is 6.42 Å². The quantitative estimate of drug-likeness (QED) is 0.940. The highest BCUT2D eigenvalue weighted by Crippen LogP contribution is 2.25. The minimum Gasteiger partial charge on any atom is -0.481 e. The second-order valence-corrected chi connectivity index (χ2v) is 4.74. The molecule has 16 heavy (non-hydrogen) atoms. The van der Waals surface area contributed by atoms with Crippen LogP contribution in [0.2, 0.25) is 0 Å². The van der Waals surface area contributed by atoms with Gasteiger partial charge in [0.05, 0.1) is 0 Å². The Morgan fingerprint density at radius 3 is 2.94 bits per heavy atom. The normalized spacial score (nSPS) is 10.9. The lowest BCUT2D eigenvalue weighted by Crippen LogP contribution is -1.96. The van der Waals surface area contributed by atoms with Gasteiger partial charge in [0.15, 0.2) is 0 Å². The molecule has 2 rings (SSSR count). The van der Waals surface area contributed by atoms with Crippen LogP contribution in [0.4, 0.5) is 0 Å². The largest absolute Gasteiger partial charge is 0.481 e. The van der Waals surface area contributed by atoms with Gasteiger partial charge in [-0.3, -0.25) is 4.79 Å². The zero-order valence-electron chi connectivity index (χ0n) is 8.90. The number of carboxylic acids is 1. The Balaban J connectivity index is 2.44. The summed E-state index contributed by atoms with van der Waals surface area (Å²) in [7, 11) is 1.97. The molecule has 0 saturated heterocycles. The molecule has 0 atom stereocenters. The summed E-state index contributed by atoms with van der Waals surface area (Å²) >= 11 is 3.43. The first-order valence-corrected chi connectivity index (χ1v) is 5.82. The molecule has 1 N–H and O–H groups in total. The highest BCUT2D eigenvalue weighted by atomic mass is 79.9. The van der Waals surface area contributed by atoms with Crippen molar-refractivity contribution in [1.82, 2.24) is 4.57 Å². The fraction of sp³-hybridized carbons (Fsp3) is 0.250. The van der Waals surface area contributed by atoms with Crippen molar-refractivity contribution in [2.75, 3.05) is 0 Å². The third-order valence-corrected chi connectivity index (χ3v) is 3.14. The number of rotatable bonds is 3. The Hall–Kier alpha value is -1.29. The monoisotopic (exact) mass is 281 g/mol. The van der Waals surface area contributed by atoms with Crippen LogP contribution in [-0.2, 0) is 18.3 Å². The van der Waals surface area contributed by atoms with Gasteiger partial charge in [-0.15, -0.1) is 0 Å². The predicted molar refractivity (Wildman–Crippen MR) is 66.6 cm³/mol. The average Bonchev–Trinajstić information content (AvgIpc) is 2.52. The van der Waals surface area contributed by atoms with Gasteiger partial charge in [-0.1, -0.05) is 15.9 Å². The topological polar surface area (TPSA) is 42.2 Å². The number of aliphatic carboxylic acids is 1. The summed E-state index contributed by atoms with van der Waals surface area (Å²) in [6.07, 6.45) is 2.74. The van der Waals surface area contributed by atoms with E-state index in [1.807, 2.05) is 36.0 Å². The number of hydrogen-bond donors (Lipinski definition) is 1. The highest BCUT2D eigenvalue weighted by Gasteiger charge is 2.08. The molecule has 0 aliphatic heterocycles. The summed E-state index contributed by atoms with van der Waals surface area (Å²) in [6, 6.07) is 6.06. The summed E-state index contributed by atoms with van der Waals surface area (Å²) < 4.78 is 3.04. The Bertz CT molecular complexity index is 545. The molecule has 0 spiro atoms. The van der Waals surface area contributed by atoms with Gasteiger partial charge in [0, 0.05) is 35.0 Å². The first-order valence-electron chi connectivity index (χ1n) is 5.03. The number of aryl methyl sites for hydroxylation is 2. The van der Waals surface area contributed by atoms with E-state index in [1.54, 1.807) is 0 Å². The third kappa shape index (κ3) is 2.11. The number of carbonyl (C=O) groups is 1. The molecule has 1 aromatic carbocycles. The number of carboxylic acid groups (broad SMARTS) is 1. The van der Waals surface area contributed by atoms with Gasteiger partial charge < -0.3 is 9.67 Å². The van der Waals surface area contributed by atoms with Gasteiger partial charge >= 0.3 is 5.97 Å². The number of benzene rings is 1. The molecule has 0 aliphatic carbocycles. The first kappa shape index (κ1) is 11.2. The van der Waals surface area contributed by atoms with Crippen LogP contribution >= 0.6 is 15.9 Å². The lowest BCUT2D eigenvalue weighted by atomic mass is 10.1. The smallest absolute Gasteiger partial charge is 0.303 e. The molecule has 84 valence electrons. The lowest BCUT2D eigenvalue weighted by Gasteiger charge is -1.97. The number of aromatic nitrogens is 1. The van der Waals surface area contributed by atoms with Gasteiger partial charge in [0.2, 0.25) is 0 Å². The summed E-state index contributed by atoms with van der Waals surface area (Å²) in [5, 5.41) is 9.82. The highest BCUT2D eigenvalue weighted by molar-refractivity contribution is 9.10. The fourth-order valence-corrected chi connectivity index (χ4v) is 2.25. The summed E-state index contributed by atoms with van der Waals surface area (Å²) in [5.41, 5.74) is 2.21. The Labute approximate surface area is 102 Å². The first-order chi connectivity index (χ1) is 7.58. The maximum Gasteiger partial charge on any atom is 0.303 e. The van der Waals surface area contributed by atoms with Crippen LogP contribution < -0.4 is 0 Å². The van der Waals surface area contributed by atoms with E-state index < -0.39 is 5.97 Å². The molecule has 0 fully saturated rings. The molecular weight excluding hydrogens is 270 g/mol. The van der Waals surface area contributed by atoms with Crippen molar-refractivity contribution in [2.24, 2.45) is 7.05 Å². The van der Waals surface area contributed by atoms with Crippen LogP contribution in [0.25, 0.3) is 10.9 Å². The fourth-order valence-electron chi connectivity index (χ4n) is 1.89. The average molecular weight is 282 g/mol. The Morgan fingerprint density at radius 1 is 1.50 bits per heavy atom. The standard InChI is InChI=1S/C12H12BrNO2/c1-14-7-8(2-5-12(15)16)10-6-9(13)3-4-11(10)14/h3-4,6-7H,2,5H2,1H3,(H,15,16). The number of halogens is 1. The van der Waals surface area contributed by atoms with E-state index in [1.165, 1.54) is 0 Å².